The second-order valence-electron chi connectivity index (χ2n) is 4.39. The molecule has 3 nitrogen and oxygen atoms in total. The number of ether oxygens (including phenoxy) is 1. The highest BCUT2D eigenvalue weighted by molar-refractivity contribution is 5.97. The van der Waals surface area contributed by atoms with E-state index in [4.69, 9.17) is 10.5 Å². The van der Waals surface area contributed by atoms with E-state index in [1.807, 2.05) is 0 Å². The molecule has 86 valence electrons. The molecule has 0 amide bonds. The van der Waals surface area contributed by atoms with Crippen molar-refractivity contribution in [3.05, 3.63) is 23.8 Å². The van der Waals surface area contributed by atoms with Gasteiger partial charge in [0, 0.05) is 5.69 Å². The molecular weight excluding hydrogens is 202 g/mol. The first-order chi connectivity index (χ1) is 7.66. The number of benzene rings is 1. The van der Waals surface area contributed by atoms with E-state index in [-0.39, 0.29) is 5.78 Å². The molecule has 1 aliphatic rings. The maximum absolute atomic E-state index is 11.4. The summed E-state index contributed by atoms with van der Waals surface area (Å²) in [5, 5.41) is 0. The van der Waals surface area contributed by atoms with Gasteiger partial charge in [-0.1, -0.05) is 12.8 Å². The minimum absolute atomic E-state index is 0.00581. The van der Waals surface area contributed by atoms with E-state index >= 15 is 0 Å². The molecule has 1 aromatic rings. The van der Waals surface area contributed by atoms with Crippen molar-refractivity contribution in [2.75, 3.05) is 12.3 Å². The van der Waals surface area contributed by atoms with Gasteiger partial charge in [0.1, 0.15) is 5.75 Å². The van der Waals surface area contributed by atoms with Gasteiger partial charge in [0.05, 0.1) is 12.2 Å². The van der Waals surface area contributed by atoms with Gasteiger partial charge in [-0.2, -0.15) is 0 Å². The first kappa shape index (κ1) is 11.0. The second-order valence-corrected chi connectivity index (χ2v) is 4.39. The maximum atomic E-state index is 11.4. The van der Waals surface area contributed by atoms with E-state index in [0.29, 0.717) is 23.6 Å². The molecule has 2 N–H and O–H groups in total. The Morgan fingerprint density at radius 1 is 1.50 bits per heavy atom. The number of ketones is 1. The highest BCUT2D eigenvalue weighted by Crippen LogP contribution is 2.32. The summed E-state index contributed by atoms with van der Waals surface area (Å²) in [5.74, 6) is 1.49. The molecule has 2 rings (SSSR count). The van der Waals surface area contributed by atoms with Crippen LogP contribution >= 0.6 is 0 Å². The van der Waals surface area contributed by atoms with Crippen molar-refractivity contribution < 1.29 is 9.53 Å². The average molecular weight is 219 g/mol. The monoisotopic (exact) mass is 219 g/mol. The number of hydrogen-bond acceptors (Lipinski definition) is 3. The van der Waals surface area contributed by atoms with Crippen LogP contribution in [0.1, 0.15) is 36.5 Å². The Morgan fingerprint density at radius 2 is 2.25 bits per heavy atom. The summed E-state index contributed by atoms with van der Waals surface area (Å²) >= 11 is 0. The zero-order valence-corrected chi connectivity index (χ0v) is 9.53. The number of Topliss-reactive ketones (excluding diaryl/α,β-unsaturated/α-hetero) is 1. The Morgan fingerprint density at radius 3 is 2.88 bits per heavy atom. The predicted molar refractivity (Wildman–Crippen MR) is 63.7 cm³/mol. The summed E-state index contributed by atoms with van der Waals surface area (Å²) in [6, 6.07) is 5.21. The Labute approximate surface area is 95.6 Å². The molecule has 3 heteroatoms. The zero-order valence-electron chi connectivity index (χ0n) is 9.53. The van der Waals surface area contributed by atoms with Crippen LogP contribution in [0.25, 0.3) is 0 Å². The number of carbonyl (C=O) groups is 1. The van der Waals surface area contributed by atoms with Crippen LogP contribution in [0.3, 0.4) is 0 Å². The molecule has 1 fully saturated rings. The number of nitrogens with two attached hydrogens (primary N) is 1. The first-order valence-electron chi connectivity index (χ1n) is 5.70. The van der Waals surface area contributed by atoms with E-state index in [0.717, 1.165) is 12.3 Å². The topological polar surface area (TPSA) is 52.3 Å². The third-order valence-corrected chi connectivity index (χ3v) is 2.86. The molecule has 1 saturated carbocycles. The molecule has 0 aliphatic heterocycles. The SMILES string of the molecule is CC(=O)c1cc(N)ccc1OCCC1CC1. The summed E-state index contributed by atoms with van der Waals surface area (Å²) in [6.45, 7) is 2.22. The molecule has 16 heavy (non-hydrogen) atoms. The standard InChI is InChI=1S/C13H17NO2/c1-9(15)12-8-11(14)4-5-13(12)16-7-6-10-2-3-10/h4-5,8,10H,2-3,6-7,14H2,1H3. The lowest BCUT2D eigenvalue weighted by Crippen LogP contribution is -2.04. The highest BCUT2D eigenvalue weighted by atomic mass is 16.5. The van der Waals surface area contributed by atoms with Crippen LogP contribution in [0.15, 0.2) is 18.2 Å². The number of hydrogen-bond donors (Lipinski definition) is 1. The Hall–Kier alpha value is -1.51. The van der Waals surface area contributed by atoms with Crippen LogP contribution in [-0.2, 0) is 0 Å². The number of carbonyl (C=O) groups excluding carboxylic acids is 1. The van der Waals surface area contributed by atoms with E-state index in [2.05, 4.69) is 0 Å². The second kappa shape index (κ2) is 4.56. The molecule has 0 atom stereocenters. The molecule has 0 saturated heterocycles. The van der Waals surface area contributed by atoms with E-state index in [1.165, 1.54) is 19.8 Å². The van der Waals surface area contributed by atoms with Crippen LogP contribution < -0.4 is 10.5 Å². The average Bonchev–Trinajstić information content (AvgIpc) is 3.04. The highest BCUT2D eigenvalue weighted by Gasteiger charge is 2.21. The van der Waals surface area contributed by atoms with E-state index < -0.39 is 0 Å². The van der Waals surface area contributed by atoms with Crippen molar-refractivity contribution in [2.45, 2.75) is 26.2 Å². The number of rotatable bonds is 5. The molecule has 0 aromatic heterocycles. The Kier molecular flexibility index (Phi) is 3.13. The molecule has 0 radical (unpaired) electrons. The smallest absolute Gasteiger partial charge is 0.163 e. The molecule has 1 aromatic carbocycles. The predicted octanol–water partition coefficient (Wildman–Crippen LogP) is 2.65. The van der Waals surface area contributed by atoms with Crippen molar-refractivity contribution in [1.29, 1.82) is 0 Å². The fourth-order valence-electron chi connectivity index (χ4n) is 1.69. The van der Waals surface area contributed by atoms with Gasteiger partial charge in [0.25, 0.3) is 0 Å². The summed E-state index contributed by atoms with van der Waals surface area (Å²) in [7, 11) is 0. The quantitative estimate of drug-likeness (QED) is 0.612. The van der Waals surface area contributed by atoms with Crippen molar-refractivity contribution in [2.24, 2.45) is 5.92 Å². The first-order valence-corrected chi connectivity index (χ1v) is 5.70. The third-order valence-electron chi connectivity index (χ3n) is 2.86. The molecule has 0 bridgehead atoms. The lowest BCUT2D eigenvalue weighted by molar-refractivity contribution is 0.101. The van der Waals surface area contributed by atoms with Crippen molar-refractivity contribution in [3.8, 4) is 5.75 Å². The maximum Gasteiger partial charge on any atom is 0.163 e. The minimum Gasteiger partial charge on any atom is -0.493 e. The van der Waals surface area contributed by atoms with Crippen molar-refractivity contribution in [3.63, 3.8) is 0 Å². The largest absolute Gasteiger partial charge is 0.493 e. The molecule has 0 unspecified atom stereocenters. The Bertz CT molecular complexity index is 397. The van der Waals surface area contributed by atoms with Gasteiger partial charge in [-0.05, 0) is 37.5 Å². The number of anilines is 1. The van der Waals surface area contributed by atoms with Crippen LogP contribution in [0.5, 0.6) is 5.75 Å². The Balaban J connectivity index is 2.02. The lowest BCUT2D eigenvalue weighted by Gasteiger charge is -2.10. The normalized spacial score (nSPS) is 14.8. The fourth-order valence-corrected chi connectivity index (χ4v) is 1.69. The van der Waals surface area contributed by atoms with Gasteiger partial charge in [0.15, 0.2) is 5.78 Å². The van der Waals surface area contributed by atoms with Crippen molar-refractivity contribution in [1.82, 2.24) is 0 Å². The zero-order chi connectivity index (χ0) is 11.5. The van der Waals surface area contributed by atoms with Crippen LogP contribution in [0, 0.1) is 5.92 Å². The summed E-state index contributed by atoms with van der Waals surface area (Å²) in [5.41, 5.74) is 6.82. The van der Waals surface area contributed by atoms with Gasteiger partial charge >= 0.3 is 0 Å². The molecule has 1 aliphatic carbocycles. The van der Waals surface area contributed by atoms with Gasteiger partial charge < -0.3 is 10.5 Å². The van der Waals surface area contributed by atoms with E-state index in [1.54, 1.807) is 18.2 Å². The van der Waals surface area contributed by atoms with Gasteiger partial charge in [-0.15, -0.1) is 0 Å². The summed E-state index contributed by atoms with van der Waals surface area (Å²) in [4.78, 5) is 11.4. The van der Waals surface area contributed by atoms with E-state index in [9.17, 15) is 4.79 Å². The summed E-state index contributed by atoms with van der Waals surface area (Å²) < 4.78 is 5.63. The molecular formula is C13H17NO2. The third kappa shape index (κ3) is 2.75. The fraction of sp³-hybridized carbons (Fsp3) is 0.462. The minimum atomic E-state index is -0.00581. The summed E-state index contributed by atoms with van der Waals surface area (Å²) in [6.07, 6.45) is 3.73. The van der Waals surface area contributed by atoms with Gasteiger partial charge in [-0.25, -0.2) is 0 Å². The van der Waals surface area contributed by atoms with Crippen LogP contribution in [-0.4, -0.2) is 12.4 Å². The molecule has 0 heterocycles. The van der Waals surface area contributed by atoms with Crippen molar-refractivity contribution >= 4 is 11.5 Å². The number of nitrogen functional groups attached to an aromatic ring is 1. The van der Waals surface area contributed by atoms with Crippen LogP contribution in [0.4, 0.5) is 5.69 Å². The van der Waals surface area contributed by atoms with Gasteiger partial charge in [-0.3, -0.25) is 4.79 Å². The molecule has 0 spiro atoms. The van der Waals surface area contributed by atoms with Crippen LogP contribution in [0.2, 0.25) is 0 Å². The lowest BCUT2D eigenvalue weighted by atomic mass is 10.1. The van der Waals surface area contributed by atoms with Gasteiger partial charge in [0.2, 0.25) is 0 Å².